The molecule has 3 aromatic carbocycles. The highest BCUT2D eigenvalue weighted by Crippen LogP contribution is 2.30. The lowest BCUT2D eigenvalue weighted by Gasteiger charge is -2.20. The number of nitrogens with one attached hydrogen (secondary N) is 3. The highest BCUT2D eigenvalue weighted by atomic mass is 15.9. The summed E-state index contributed by atoms with van der Waals surface area (Å²) in [4.78, 5) is 4.87. The van der Waals surface area contributed by atoms with Crippen LogP contribution in [0.15, 0.2) is 78.9 Å². The van der Waals surface area contributed by atoms with E-state index in [1.165, 1.54) is 22.3 Å². The van der Waals surface area contributed by atoms with E-state index in [9.17, 15) is 0 Å². The summed E-state index contributed by atoms with van der Waals surface area (Å²) in [6.45, 7) is 6.88. The zero-order valence-electron chi connectivity index (χ0n) is 21.7. The highest BCUT2D eigenvalue weighted by molar-refractivity contribution is 5.68. The van der Waals surface area contributed by atoms with Gasteiger partial charge in [0.2, 0.25) is 0 Å². The molecular weight excluding hydrogens is 446 g/mol. The average Bonchev–Trinajstić information content (AvgIpc) is 3.55. The lowest BCUT2D eigenvalue weighted by atomic mass is 9.97. The van der Waals surface area contributed by atoms with Crippen molar-refractivity contribution in [3.63, 3.8) is 0 Å². The van der Waals surface area contributed by atoms with Crippen LogP contribution in [0.2, 0.25) is 0 Å². The van der Waals surface area contributed by atoms with Crippen LogP contribution in [-0.2, 0) is 13.0 Å². The Labute approximate surface area is 214 Å². The van der Waals surface area contributed by atoms with E-state index in [-0.39, 0.29) is 6.17 Å². The Morgan fingerprint density at radius 3 is 2.28 bits per heavy atom. The van der Waals surface area contributed by atoms with Crippen LogP contribution in [0.4, 0.5) is 0 Å². The number of hydrazine groups is 3. The van der Waals surface area contributed by atoms with Crippen molar-refractivity contribution in [2.24, 2.45) is 0 Å². The molecule has 0 radical (unpaired) electrons. The Hall–Kier alpha value is -3.36. The molecule has 188 valence electrons. The summed E-state index contributed by atoms with van der Waals surface area (Å²) in [6.07, 6.45) is 3.19. The van der Waals surface area contributed by atoms with E-state index in [2.05, 4.69) is 84.1 Å². The minimum Gasteiger partial charge on any atom is -0.241 e. The maximum absolute atomic E-state index is 4.87. The second-order valence-electron chi connectivity index (χ2n) is 8.66. The molecule has 1 fully saturated rings. The zero-order valence-corrected chi connectivity index (χ0v) is 21.7. The van der Waals surface area contributed by atoms with E-state index in [0.29, 0.717) is 6.54 Å². The molecule has 36 heavy (non-hydrogen) atoms. The summed E-state index contributed by atoms with van der Waals surface area (Å²) < 4.78 is 2.04. The van der Waals surface area contributed by atoms with Gasteiger partial charge in [-0.05, 0) is 28.7 Å². The van der Waals surface area contributed by atoms with E-state index in [1.54, 1.807) is 0 Å². The fourth-order valence-electron chi connectivity index (χ4n) is 4.34. The third-order valence-electron chi connectivity index (χ3n) is 6.18. The van der Waals surface area contributed by atoms with Crippen LogP contribution in [-0.4, -0.2) is 26.8 Å². The quantitative estimate of drug-likeness (QED) is 0.308. The fourth-order valence-corrected chi connectivity index (χ4v) is 4.34. The second kappa shape index (κ2) is 12.6. The third-order valence-corrected chi connectivity index (χ3v) is 6.18. The second-order valence-corrected chi connectivity index (χ2v) is 8.66. The van der Waals surface area contributed by atoms with Crippen molar-refractivity contribution in [3.8, 4) is 22.5 Å². The zero-order chi connectivity index (χ0) is 25.3. The summed E-state index contributed by atoms with van der Waals surface area (Å²) in [6, 6.07) is 27.6. The molecule has 1 saturated heterocycles. The molecule has 1 unspecified atom stereocenters. The van der Waals surface area contributed by atoms with Crippen LogP contribution >= 0.6 is 0 Å². The molecule has 1 atom stereocenters. The number of hydrogen-bond acceptors (Lipinski definition) is 6. The molecule has 3 N–H and O–H groups in total. The minimum atomic E-state index is 0.0426. The van der Waals surface area contributed by atoms with E-state index >= 15 is 0 Å². The molecule has 4 aromatic rings. The largest absolute Gasteiger partial charge is 0.241 e. The van der Waals surface area contributed by atoms with Gasteiger partial charge in [-0.1, -0.05) is 106 Å². The van der Waals surface area contributed by atoms with Gasteiger partial charge in [0.05, 0.1) is 6.54 Å². The Balaban J connectivity index is 0.00000148. The van der Waals surface area contributed by atoms with Crippen LogP contribution in [0, 0.1) is 0 Å². The number of rotatable bonds is 8. The van der Waals surface area contributed by atoms with E-state index in [4.69, 9.17) is 10.1 Å². The van der Waals surface area contributed by atoms with Crippen LogP contribution < -0.4 is 16.5 Å². The first-order valence-electron chi connectivity index (χ1n) is 12.9. The van der Waals surface area contributed by atoms with Crippen molar-refractivity contribution in [2.75, 3.05) is 7.05 Å². The van der Waals surface area contributed by atoms with Crippen molar-refractivity contribution in [1.29, 1.82) is 0 Å². The van der Waals surface area contributed by atoms with Gasteiger partial charge in [-0.15, -0.1) is 0 Å². The summed E-state index contributed by atoms with van der Waals surface area (Å²) in [5.41, 5.74) is 15.2. The van der Waals surface area contributed by atoms with Gasteiger partial charge in [0, 0.05) is 19.0 Å². The lowest BCUT2D eigenvalue weighted by molar-refractivity contribution is 0.224. The maximum atomic E-state index is 4.87. The Bertz CT molecular complexity index is 1220. The number of nitrogens with zero attached hydrogens (tertiary/aromatic N) is 4. The average molecular weight is 484 g/mol. The summed E-state index contributed by atoms with van der Waals surface area (Å²) in [7, 11) is 2.01. The normalized spacial score (nSPS) is 15.5. The molecule has 0 saturated carbocycles. The van der Waals surface area contributed by atoms with Gasteiger partial charge in [-0.2, -0.15) is 16.2 Å². The molecule has 1 aromatic heterocycles. The molecule has 0 amide bonds. The topological polar surface area (TPSA) is 70.0 Å². The SMILES string of the molecule is CC.CCCCc1nc(-c2ccccc2)n(Cc2ccc(-c3ccccc3C3NNNN3C)cc2)n1. The van der Waals surface area contributed by atoms with Gasteiger partial charge < -0.3 is 0 Å². The third kappa shape index (κ3) is 5.88. The summed E-state index contributed by atoms with van der Waals surface area (Å²) in [5, 5.41) is 6.87. The van der Waals surface area contributed by atoms with Crippen molar-refractivity contribution < 1.29 is 0 Å². The van der Waals surface area contributed by atoms with Crippen LogP contribution in [0.1, 0.15) is 56.7 Å². The molecule has 0 bridgehead atoms. The first-order chi connectivity index (χ1) is 17.7. The van der Waals surface area contributed by atoms with Gasteiger partial charge in [-0.3, -0.25) is 0 Å². The van der Waals surface area contributed by atoms with Gasteiger partial charge in [0.15, 0.2) is 11.6 Å². The fraction of sp³-hybridized carbons (Fsp3) is 0.310. The molecule has 5 rings (SSSR count). The van der Waals surface area contributed by atoms with Crippen molar-refractivity contribution in [1.82, 2.24) is 36.3 Å². The predicted molar refractivity (Wildman–Crippen MR) is 146 cm³/mol. The minimum absolute atomic E-state index is 0.0426. The highest BCUT2D eigenvalue weighted by Gasteiger charge is 2.24. The first kappa shape index (κ1) is 25.7. The number of aryl methyl sites for hydroxylation is 1. The van der Waals surface area contributed by atoms with Gasteiger partial charge in [0.1, 0.15) is 6.17 Å². The van der Waals surface area contributed by atoms with Crippen molar-refractivity contribution in [2.45, 2.75) is 52.7 Å². The molecule has 7 heteroatoms. The number of hydrogen-bond donors (Lipinski definition) is 3. The molecule has 1 aliphatic rings. The first-order valence-corrected chi connectivity index (χ1v) is 12.9. The van der Waals surface area contributed by atoms with E-state index in [1.807, 2.05) is 48.8 Å². The lowest BCUT2D eigenvalue weighted by Crippen LogP contribution is -2.34. The van der Waals surface area contributed by atoms with Gasteiger partial charge in [0.25, 0.3) is 0 Å². The van der Waals surface area contributed by atoms with E-state index in [0.717, 1.165) is 36.5 Å². The smallest absolute Gasteiger partial charge is 0.158 e. The van der Waals surface area contributed by atoms with Gasteiger partial charge in [-0.25, -0.2) is 20.1 Å². The van der Waals surface area contributed by atoms with Crippen LogP contribution in [0.5, 0.6) is 0 Å². The summed E-state index contributed by atoms with van der Waals surface area (Å²) >= 11 is 0. The van der Waals surface area contributed by atoms with Crippen molar-refractivity contribution in [3.05, 3.63) is 95.8 Å². The molecule has 2 heterocycles. The molecule has 0 spiro atoms. The number of aromatic nitrogens is 3. The van der Waals surface area contributed by atoms with Gasteiger partial charge >= 0.3 is 0 Å². The maximum Gasteiger partial charge on any atom is 0.158 e. The van der Waals surface area contributed by atoms with Crippen LogP contribution in [0.25, 0.3) is 22.5 Å². The standard InChI is InChI=1S/C27H31N7.C2H6/c1-3-4-14-25-28-26(22-10-6-5-7-11-22)34(30-25)19-20-15-17-21(18-16-20)23-12-8-9-13-24(23)27-29-31-32-33(27)2;1-2/h5-13,15-18,27,29,31-32H,3-4,14,19H2,1-2H3;1-2H3. The summed E-state index contributed by atoms with van der Waals surface area (Å²) in [5.74, 6) is 1.85. The predicted octanol–water partition coefficient (Wildman–Crippen LogP) is 5.49. The number of unbranched alkanes of at least 4 members (excludes halogenated alkanes) is 1. The monoisotopic (exact) mass is 483 g/mol. The molecule has 1 aliphatic heterocycles. The Kier molecular flexibility index (Phi) is 8.97. The van der Waals surface area contributed by atoms with Crippen molar-refractivity contribution >= 4 is 0 Å². The van der Waals surface area contributed by atoms with E-state index < -0.39 is 0 Å². The molecular formula is C29H37N7. The Morgan fingerprint density at radius 1 is 0.861 bits per heavy atom. The van der Waals surface area contributed by atoms with Crippen LogP contribution in [0.3, 0.4) is 0 Å². The molecule has 0 aliphatic carbocycles. The number of benzene rings is 3. The Morgan fingerprint density at radius 2 is 1.58 bits per heavy atom. The molecule has 7 nitrogen and oxygen atoms in total.